The topological polar surface area (TPSA) is 229 Å². The lowest BCUT2D eigenvalue weighted by atomic mass is 10.3. The molecule has 6 rings (SSSR count). The zero-order valence-electron chi connectivity index (χ0n) is 23.2. The van der Waals surface area contributed by atoms with E-state index in [1.54, 1.807) is 34.2 Å². The highest BCUT2D eigenvalue weighted by molar-refractivity contribution is 5.83. The predicted octanol–water partition coefficient (Wildman–Crippen LogP) is 2.26. The average Bonchev–Trinajstić information content (AvgIpc) is 3.62. The molecule has 0 aromatic carbocycles. The summed E-state index contributed by atoms with van der Waals surface area (Å²) >= 11 is 0. The third-order valence-corrected chi connectivity index (χ3v) is 5.83. The van der Waals surface area contributed by atoms with Crippen LogP contribution in [0.25, 0.3) is 33.5 Å². The summed E-state index contributed by atoms with van der Waals surface area (Å²) in [6, 6.07) is 2.51. The maximum atomic E-state index is 11.4. The van der Waals surface area contributed by atoms with Crippen molar-refractivity contribution in [3.8, 4) is 0 Å². The van der Waals surface area contributed by atoms with Gasteiger partial charge in [0.15, 0.2) is 33.8 Å². The van der Waals surface area contributed by atoms with Crippen LogP contribution < -0.4 is 22.8 Å². The minimum Gasteiger partial charge on any atom is -0.397 e. The molecule has 0 aliphatic rings. The Labute approximate surface area is 228 Å². The molecular formula is C24H33N15O. The predicted molar refractivity (Wildman–Crippen MR) is 153 cm³/mol. The van der Waals surface area contributed by atoms with E-state index in [0.717, 1.165) is 11.3 Å². The van der Waals surface area contributed by atoms with Crippen LogP contribution >= 0.6 is 0 Å². The lowest BCUT2D eigenvalue weighted by molar-refractivity contribution is 0.526. The first kappa shape index (κ1) is 27.9. The van der Waals surface area contributed by atoms with Gasteiger partial charge in [0.2, 0.25) is 5.95 Å². The number of nitrogens with one attached hydrogen (secondary N) is 1. The van der Waals surface area contributed by atoms with Gasteiger partial charge in [-0.05, 0) is 47.6 Å². The average molecular weight is 548 g/mol. The Hall–Kier alpha value is -5.15. The molecule has 0 atom stereocenters. The van der Waals surface area contributed by atoms with Crippen molar-refractivity contribution >= 4 is 50.9 Å². The number of fused-ring (bicyclic) bond motifs is 3. The minimum absolute atomic E-state index is 0.116. The fourth-order valence-corrected chi connectivity index (χ4v) is 3.78. The second-order valence-corrected chi connectivity index (χ2v) is 9.75. The van der Waals surface area contributed by atoms with Gasteiger partial charge in [0.1, 0.15) is 11.8 Å². The Morgan fingerprint density at radius 3 is 2.05 bits per heavy atom. The van der Waals surface area contributed by atoms with Crippen LogP contribution in [0.4, 0.5) is 17.5 Å². The van der Waals surface area contributed by atoms with E-state index in [-0.39, 0.29) is 23.6 Å². The van der Waals surface area contributed by atoms with Crippen LogP contribution in [0.2, 0.25) is 0 Å². The van der Waals surface area contributed by atoms with Gasteiger partial charge in [-0.25, -0.2) is 29.6 Å². The molecule has 0 unspecified atom stereocenters. The second kappa shape index (κ2) is 11.3. The summed E-state index contributed by atoms with van der Waals surface area (Å²) in [7, 11) is 0. The van der Waals surface area contributed by atoms with Crippen LogP contribution in [0.1, 0.15) is 59.7 Å². The van der Waals surface area contributed by atoms with Crippen LogP contribution in [0, 0.1) is 0 Å². The number of H-pyrrole nitrogens is 1. The van der Waals surface area contributed by atoms with Gasteiger partial charge in [-0.2, -0.15) is 4.98 Å². The van der Waals surface area contributed by atoms with E-state index in [0.29, 0.717) is 39.7 Å². The number of hydrogen-bond acceptors (Lipinski definition) is 12. The number of anilines is 3. The van der Waals surface area contributed by atoms with Crippen LogP contribution in [0.5, 0.6) is 0 Å². The van der Waals surface area contributed by atoms with Crippen molar-refractivity contribution in [2.75, 3.05) is 17.2 Å². The second-order valence-electron chi connectivity index (χ2n) is 9.75. The molecule has 0 aliphatic heterocycles. The zero-order valence-corrected chi connectivity index (χ0v) is 23.2. The van der Waals surface area contributed by atoms with E-state index in [1.807, 2.05) is 32.3 Å². The molecule has 16 heteroatoms. The summed E-state index contributed by atoms with van der Waals surface area (Å²) < 4.78 is 5.53. The third-order valence-electron chi connectivity index (χ3n) is 5.83. The molecule has 7 N–H and O–H groups in total. The minimum atomic E-state index is -0.299. The first-order valence-corrected chi connectivity index (χ1v) is 12.6. The molecule has 0 bridgehead atoms. The summed E-state index contributed by atoms with van der Waals surface area (Å²) in [5.41, 5.74) is 20.9. The van der Waals surface area contributed by atoms with Crippen molar-refractivity contribution < 1.29 is 0 Å². The lowest BCUT2D eigenvalue weighted by Crippen LogP contribution is -2.12. The van der Waals surface area contributed by atoms with E-state index < -0.39 is 0 Å². The van der Waals surface area contributed by atoms with Gasteiger partial charge in [-0.15, -0.1) is 5.10 Å². The monoisotopic (exact) mass is 547 g/mol. The number of hydrogen-bond donors (Lipinski definition) is 4. The molecule has 16 nitrogen and oxygen atoms in total. The summed E-state index contributed by atoms with van der Waals surface area (Å²) in [5.74, 6) is 0.550. The first-order chi connectivity index (χ1) is 19.0. The number of imidazole rings is 2. The SMILES string of the molecule is CC(C)n1cnc2c(=O)[nH]c(N)nc21.CC(C)n1cnc2c(N)ncnc21.CC(C)n1nnc2c(N)ccnc21. The third kappa shape index (κ3) is 5.50. The van der Waals surface area contributed by atoms with Crippen molar-refractivity contribution in [1.29, 1.82) is 0 Å². The van der Waals surface area contributed by atoms with Crippen molar-refractivity contribution in [2.45, 2.75) is 59.7 Å². The standard InChI is InChI=1S/C8H11N5O.2C8H11N5/c1-4(2)13-3-10-5-6(13)11-8(9)12-7(5)14;1-5(2)13-4-12-6-7(9)10-3-11-8(6)13;1-5(2)13-8-7(11-12-13)6(9)3-4-10-8/h3-4H,1-2H3,(H3,9,11,12,14);3-5H,1-2H3,(H2,9,10,11);3-5H,1-2H3,(H2,9,10). The number of aromatic amines is 1. The van der Waals surface area contributed by atoms with Gasteiger partial charge in [0, 0.05) is 18.3 Å². The van der Waals surface area contributed by atoms with Crippen LogP contribution in [0.15, 0.2) is 36.0 Å². The molecule has 0 aliphatic carbocycles. The van der Waals surface area contributed by atoms with Gasteiger partial charge < -0.3 is 26.3 Å². The molecule has 0 saturated heterocycles. The van der Waals surface area contributed by atoms with Crippen molar-refractivity contribution in [2.24, 2.45) is 0 Å². The molecule has 0 fully saturated rings. The Morgan fingerprint density at radius 2 is 1.40 bits per heavy atom. The normalized spacial score (nSPS) is 11.3. The Morgan fingerprint density at radius 1 is 0.750 bits per heavy atom. The molecule has 0 radical (unpaired) electrons. The Bertz CT molecular complexity index is 1720. The lowest BCUT2D eigenvalue weighted by Gasteiger charge is -2.06. The molecule has 0 saturated carbocycles. The highest BCUT2D eigenvalue weighted by atomic mass is 16.1. The molecule has 0 spiro atoms. The number of rotatable bonds is 3. The highest BCUT2D eigenvalue weighted by Crippen LogP contribution is 2.18. The zero-order chi connectivity index (χ0) is 29.1. The summed E-state index contributed by atoms with van der Waals surface area (Å²) in [6.07, 6.45) is 6.45. The number of aromatic nitrogens is 12. The highest BCUT2D eigenvalue weighted by Gasteiger charge is 2.11. The summed E-state index contributed by atoms with van der Waals surface area (Å²) in [6.45, 7) is 12.2. The van der Waals surface area contributed by atoms with E-state index in [4.69, 9.17) is 17.2 Å². The molecule has 210 valence electrons. The van der Waals surface area contributed by atoms with Crippen LogP contribution in [-0.4, -0.2) is 59.0 Å². The Balaban J connectivity index is 0.000000139. The number of pyridine rings is 1. The van der Waals surface area contributed by atoms with Gasteiger partial charge in [0.05, 0.1) is 24.4 Å². The Kier molecular flexibility index (Phi) is 7.88. The van der Waals surface area contributed by atoms with Crippen LogP contribution in [-0.2, 0) is 0 Å². The van der Waals surface area contributed by atoms with E-state index in [1.165, 1.54) is 6.33 Å². The van der Waals surface area contributed by atoms with Gasteiger partial charge in [0.25, 0.3) is 5.56 Å². The molecule has 6 heterocycles. The van der Waals surface area contributed by atoms with E-state index in [2.05, 4.69) is 59.0 Å². The number of nitrogens with two attached hydrogens (primary N) is 3. The van der Waals surface area contributed by atoms with Crippen molar-refractivity contribution in [3.05, 3.63) is 41.6 Å². The summed E-state index contributed by atoms with van der Waals surface area (Å²) in [4.78, 5) is 38.1. The fraction of sp³-hybridized carbons (Fsp3) is 0.375. The molecular weight excluding hydrogens is 514 g/mol. The number of nitrogens with zero attached hydrogens (tertiary/aromatic N) is 11. The molecule has 0 amide bonds. The molecule has 6 aromatic rings. The molecule has 6 aromatic heterocycles. The smallest absolute Gasteiger partial charge is 0.280 e. The number of nitrogen functional groups attached to an aromatic ring is 3. The van der Waals surface area contributed by atoms with Gasteiger partial charge >= 0.3 is 0 Å². The van der Waals surface area contributed by atoms with Gasteiger partial charge in [-0.1, -0.05) is 5.21 Å². The van der Waals surface area contributed by atoms with Crippen molar-refractivity contribution in [3.63, 3.8) is 0 Å². The quantitative estimate of drug-likeness (QED) is 0.250. The summed E-state index contributed by atoms with van der Waals surface area (Å²) in [5, 5.41) is 7.94. The van der Waals surface area contributed by atoms with E-state index in [9.17, 15) is 4.79 Å². The van der Waals surface area contributed by atoms with E-state index >= 15 is 0 Å². The first-order valence-electron chi connectivity index (χ1n) is 12.6. The fourth-order valence-electron chi connectivity index (χ4n) is 3.78. The van der Waals surface area contributed by atoms with Crippen molar-refractivity contribution in [1.82, 2.24) is 59.0 Å². The van der Waals surface area contributed by atoms with Gasteiger partial charge in [-0.3, -0.25) is 9.78 Å². The molecule has 40 heavy (non-hydrogen) atoms. The largest absolute Gasteiger partial charge is 0.397 e. The maximum absolute atomic E-state index is 11.4. The maximum Gasteiger partial charge on any atom is 0.280 e. The van der Waals surface area contributed by atoms with Crippen LogP contribution in [0.3, 0.4) is 0 Å².